The van der Waals surface area contributed by atoms with Crippen LogP contribution in [0.3, 0.4) is 0 Å². The van der Waals surface area contributed by atoms with Gasteiger partial charge in [-0.15, -0.1) is 0 Å². The molecule has 10 nitrogen and oxygen atoms in total. The van der Waals surface area contributed by atoms with E-state index >= 15 is 0 Å². The summed E-state index contributed by atoms with van der Waals surface area (Å²) in [6, 6.07) is 15.2. The van der Waals surface area contributed by atoms with Gasteiger partial charge in [-0.05, 0) is 62.8 Å². The first-order valence-electron chi connectivity index (χ1n) is 19.4. The Labute approximate surface area is 314 Å². The predicted molar refractivity (Wildman–Crippen MR) is 208 cm³/mol. The largest absolute Gasteiger partial charge is 0.414 e. The van der Waals surface area contributed by atoms with E-state index in [1.54, 1.807) is 28.2 Å². The fourth-order valence-electron chi connectivity index (χ4n) is 6.58. The molecule has 0 radical (unpaired) electrons. The van der Waals surface area contributed by atoms with Crippen LogP contribution in [0, 0.1) is 0 Å². The van der Waals surface area contributed by atoms with Gasteiger partial charge in [0.05, 0.1) is 27.2 Å². The highest BCUT2D eigenvalue weighted by Gasteiger charge is 2.29. The molecule has 0 saturated heterocycles. The molecule has 0 aliphatic carbocycles. The predicted octanol–water partition coefficient (Wildman–Crippen LogP) is 8.26. The third-order valence-corrected chi connectivity index (χ3v) is 9.55. The molecule has 290 valence electrons. The van der Waals surface area contributed by atoms with E-state index in [1.807, 2.05) is 48.5 Å². The van der Waals surface area contributed by atoms with Gasteiger partial charge >= 0.3 is 12.2 Å². The highest BCUT2D eigenvalue weighted by molar-refractivity contribution is 5.80. The third kappa shape index (κ3) is 16.7. The van der Waals surface area contributed by atoms with E-state index in [4.69, 9.17) is 9.47 Å². The summed E-state index contributed by atoms with van der Waals surface area (Å²) in [5.74, 6) is 1.57. The second-order valence-electron chi connectivity index (χ2n) is 15.5. The van der Waals surface area contributed by atoms with E-state index < -0.39 is 12.2 Å². The molecule has 0 N–H and O–H groups in total. The summed E-state index contributed by atoms with van der Waals surface area (Å²) in [6.07, 6.45) is 10.1. The number of ketones is 2. The Hall–Kier alpha value is -3.76. The van der Waals surface area contributed by atoms with Crippen molar-refractivity contribution in [3.05, 3.63) is 59.7 Å². The average Bonchev–Trinajstić information content (AvgIpc) is 3.08. The molecule has 0 spiro atoms. The number of amides is 2. The molecular formula is C42H68N4O6+2. The highest BCUT2D eigenvalue weighted by Crippen LogP contribution is 2.26. The number of carbonyl (C=O) groups excluding carboxylic acids is 4. The molecule has 0 fully saturated rings. The van der Waals surface area contributed by atoms with Gasteiger partial charge in [-0.25, -0.2) is 9.59 Å². The molecule has 2 aromatic carbocycles. The van der Waals surface area contributed by atoms with Crippen LogP contribution in [0.5, 0.6) is 11.5 Å². The molecule has 0 aliphatic rings. The van der Waals surface area contributed by atoms with Gasteiger partial charge in [0, 0.05) is 52.2 Å². The number of Topliss-reactive ketones (excluding diaryl/α,β-unsaturated/α-hetero) is 2. The molecule has 0 aromatic heterocycles. The van der Waals surface area contributed by atoms with Crippen molar-refractivity contribution in [1.29, 1.82) is 0 Å². The maximum absolute atomic E-state index is 13.3. The Morgan fingerprint density at radius 2 is 0.904 bits per heavy atom. The van der Waals surface area contributed by atoms with Crippen LogP contribution < -0.4 is 9.47 Å². The molecule has 52 heavy (non-hydrogen) atoms. The van der Waals surface area contributed by atoms with Crippen LogP contribution in [-0.2, 0) is 22.7 Å². The first kappa shape index (κ1) is 44.4. The van der Waals surface area contributed by atoms with Crippen molar-refractivity contribution in [3.63, 3.8) is 0 Å². The molecule has 2 amide bonds. The van der Waals surface area contributed by atoms with Crippen molar-refractivity contribution in [2.24, 2.45) is 0 Å². The SMILES string of the molecule is CCCCC[N+](C)(CC(=O)CCCCCCC(=O)C[N+](C)(CCCCC)Cc1ccccc1OC(=O)N(C)C)Cc1ccccc1OC(=O)N(C)C. The van der Waals surface area contributed by atoms with Crippen LogP contribution >= 0.6 is 0 Å². The lowest BCUT2D eigenvalue weighted by atomic mass is 10.0. The molecule has 2 atom stereocenters. The number of quaternary nitrogens is 2. The van der Waals surface area contributed by atoms with Crippen molar-refractivity contribution < 1.29 is 37.6 Å². The van der Waals surface area contributed by atoms with Crippen molar-refractivity contribution in [3.8, 4) is 11.5 Å². The summed E-state index contributed by atoms with van der Waals surface area (Å²) in [6.45, 7) is 8.19. The van der Waals surface area contributed by atoms with E-state index in [9.17, 15) is 19.2 Å². The highest BCUT2D eigenvalue weighted by atomic mass is 16.6. The van der Waals surface area contributed by atoms with Crippen LogP contribution in [-0.4, -0.2) is 111 Å². The Balaban J connectivity index is 1.92. The van der Waals surface area contributed by atoms with Crippen LogP contribution in [0.2, 0.25) is 0 Å². The third-order valence-electron chi connectivity index (χ3n) is 9.55. The minimum Gasteiger partial charge on any atom is -0.410 e. The molecule has 0 bridgehead atoms. The zero-order valence-corrected chi connectivity index (χ0v) is 33.6. The number of benzene rings is 2. The van der Waals surface area contributed by atoms with Crippen LogP contribution in [0.25, 0.3) is 0 Å². The lowest BCUT2D eigenvalue weighted by molar-refractivity contribution is -0.915. The average molecular weight is 725 g/mol. The fraction of sp³-hybridized carbons (Fsp3) is 0.619. The zero-order valence-electron chi connectivity index (χ0n) is 33.6. The van der Waals surface area contributed by atoms with Crippen LogP contribution in [0.15, 0.2) is 48.5 Å². The van der Waals surface area contributed by atoms with E-state index in [1.165, 1.54) is 9.80 Å². The van der Waals surface area contributed by atoms with Gasteiger partial charge in [-0.2, -0.15) is 0 Å². The van der Waals surface area contributed by atoms with Crippen molar-refractivity contribution >= 4 is 23.8 Å². The molecule has 0 saturated carbocycles. The maximum Gasteiger partial charge on any atom is 0.414 e. The quantitative estimate of drug-likeness (QED) is 0.0757. The lowest BCUT2D eigenvalue weighted by Crippen LogP contribution is -2.47. The lowest BCUT2D eigenvalue weighted by Gasteiger charge is -2.35. The molecule has 2 rings (SSSR count). The van der Waals surface area contributed by atoms with E-state index in [0.717, 1.165) is 88.4 Å². The number of para-hydroxylation sites is 2. The smallest absolute Gasteiger partial charge is 0.410 e. The molecule has 2 unspecified atom stereocenters. The summed E-state index contributed by atoms with van der Waals surface area (Å²) >= 11 is 0. The molecule has 0 heterocycles. The van der Waals surface area contributed by atoms with Gasteiger partial charge in [-0.3, -0.25) is 9.59 Å². The summed E-state index contributed by atoms with van der Waals surface area (Å²) < 4.78 is 12.4. The summed E-state index contributed by atoms with van der Waals surface area (Å²) in [5.41, 5.74) is 1.84. The molecule has 10 heteroatoms. The second-order valence-corrected chi connectivity index (χ2v) is 15.5. The number of hydrogen-bond donors (Lipinski definition) is 0. The van der Waals surface area contributed by atoms with Gasteiger partial charge < -0.3 is 28.2 Å². The Morgan fingerprint density at radius 3 is 1.25 bits per heavy atom. The first-order valence-corrected chi connectivity index (χ1v) is 19.4. The molecule has 2 aromatic rings. The minimum atomic E-state index is -0.420. The number of likely N-dealkylation sites (N-methyl/N-ethyl adjacent to an activating group) is 2. The monoisotopic (exact) mass is 725 g/mol. The van der Waals surface area contributed by atoms with Crippen molar-refractivity contribution in [2.75, 3.05) is 68.5 Å². The number of carbonyl (C=O) groups is 4. The standard InChI is InChI=1S/C42H68N4O6/c1-9-11-21-29-45(7,31-35-23-17-19-27-39(35)51-41(49)43(3)4)33-37(47)25-15-13-14-16-26-38(48)34-46(8,30-22-12-10-2)32-36-24-18-20-28-40(36)52-42(50)44(5)6/h17-20,23-24,27-28H,9-16,21-22,25-26,29-34H2,1-8H3/q+2. The fourth-order valence-corrected chi connectivity index (χ4v) is 6.58. The normalized spacial score (nSPS) is 13.5. The van der Waals surface area contributed by atoms with Gasteiger partial charge in [0.15, 0.2) is 11.6 Å². The number of unbranched alkanes of at least 4 members (excludes halogenated alkanes) is 7. The minimum absolute atomic E-state index is 0.245. The second kappa shape index (κ2) is 23.0. The van der Waals surface area contributed by atoms with Gasteiger partial charge in [0.2, 0.25) is 0 Å². The van der Waals surface area contributed by atoms with Crippen molar-refractivity contribution in [2.45, 2.75) is 104 Å². The number of ether oxygens (including phenoxy) is 2. The number of nitrogens with zero attached hydrogens (tertiary/aromatic N) is 4. The molecular weight excluding hydrogens is 656 g/mol. The molecule has 0 aliphatic heterocycles. The van der Waals surface area contributed by atoms with Gasteiger partial charge in [-0.1, -0.05) is 63.8 Å². The van der Waals surface area contributed by atoms with Gasteiger partial charge in [0.25, 0.3) is 0 Å². The van der Waals surface area contributed by atoms with Crippen molar-refractivity contribution in [1.82, 2.24) is 9.80 Å². The Bertz CT molecular complexity index is 1310. The first-order chi connectivity index (χ1) is 24.7. The van der Waals surface area contributed by atoms with E-state index in [-0.39, 0.29) is 11.6 Å². The van der Waals surface area contributed by atoms with E-state index in [2.05, 4.69) is 27.9 Å². The Kier molecular flexibility index (Phi) is 19.7. The zero-order chi connectivity index (χ0) is 38.6. The number of hydrogen-bond acceptors (Lipinski definition) is 6. The summed E-state index contributed by atoms with van der Waals surface area (Å²) in [4.78, 5) is 54.0. The Morgan fingerprint density at radius 1 is 0.538 bits per heavy atom. The van der Waals surface area contributed by atoms with Crippen LogP contribution in [0.1, 0.15) is 102 Å². The number of rotatable bonds is 25. The summed E-state index contributed by atoms with van der Waals surface area (Å²) in [7, 11) is 10.9. The topological polar surface area (TPSA) is 93.2 Å². The van der Waals surface area contributed by atoms with Gasteiger partial charge in [0.1, 0.15) is 37.7 Å². The van der Waals surface area contributed by atoms with E-state index in [0.29, 0.717) is 59.5 Å². The summed E-state index contributed by atoms with van der Waals surface area (Å²) in [5, 5.41) is 0. The van der Waals surface area contributed by atoms with Crippen LogP contribution in [0.4, 0.5) is 9.59 Å². The maximum atomic E-state index is 13.3.